The average Bonchev–Trinajstić information content (AvgIpc) is 2.68. The summed E-state index contributed by atoms with van der Waals surface area (Å²) in [6.07, 6.45) is 0.886. The quantitative estimate of drug-likeness (QED) is 0.602. The molecule has 0 fully saturated rings. The Morgan fingerprint density at radius 2 is 2.00 bits per heavy atom. The number of aliphatic hydroxyl groups is 1. The van der Waals surface area contributed by atoms with Crippen LogP contribution in [0.1, 0.15) is 0 Å². The summed E-state index contributed by atoms with van der Waals surface area (Å²) >= 11 is 0. The number of imide groups is 1. The first-order valence-corrected chi connectivity index (χ1v) is 7.57. The molecule has 22 heavy (non-hydrogen) atoms. The SMILES string of the molecule is NS(=O)(=O)c1cccc(F)c1NC1=CC(=O)N(CCO)C1=O. The van der Waals surface area contributed by atoms with E-state index in [1.54, 1.807) is 0 Å². The summed E-state index contributed by atoms with van der Waals surface area (Å²) in [5, 5.41) is 16.1. The second kappa shape index (κ2) is 5.83. The highest BCUT2D eigenvalue weighted by Gasteiger charge is 2.32. The van der Waals surface area contributed by atoms with E-state index in [1.807, 2.05) is 0 Å². The number of β-amino-alcohol motifs (C(OH)–C–C–N with tert-alkyl or cyclic N) is 1. The second-order valence-electron chi connectivity index (χ2n) is 4.36. The lowest BCUT2D eigenvalue weighted by Gasteiger charge is -2.15. The summed E-state index contributed by atoms with van der Waals surface area (Å²) in [5.74, 6) is -2.45. The van der Waals surface area contributed by atoms with E-state index in [1.165, 1.54) is 0 Å². The van der Waals surface area contributed by atoms with Crippen LogP contribution in [0.2, 0.25) is 0 Å². The maximum absolute atomic E-state index is 13.8. The zero-order valence-corrected chi connectivity index (χ0v) is 11.9. The number of carbonyl (C=O) groups is 2. The molecular weight excluding hydrogens is 317 g/mol. The Morgan fingerprint density at radius 1 is 1.32 bits per heavy atom. The van der Waals surface area contributed by atoms with Crippen LogP contribution in [0, 0.1) is 5.82 Å². The smallest absolute Gasteiger partial charge is 0.277 e. The van der Waals surface area contributed by atoms with Gasteiger partial charge < -0.3 is 10.4 Å². The van der Waals surface area contributed by atoms with Crippen molar-refractivity contribution in [1.82, 2.24) is 4.90 Å². The molecule has 1 aliphatic rings. The standard InChI is InChI=1S/C12H12FN3O5S/c13-7-2-1-3-9(22(14,20)21)11(7)15-8-6-10(18)16(4-5-17)12(8)19/h1-3,6,15,17H,4-5H2,(H2,14,20,21). The van der Waals surface area contributed by atoms with Crippen LogP contribution in [0.15, 0.2) is 34.9 Å². The lowest BCUT2D eigenvalue weighted by Crippen LogP contribution is -2.34. The van der Waals surface area contributed by atoms with E-state index in [0.29, 0.717) is 0 Å². The molecule has 10 heteroatoms. The summed E-state index contributed by atoms with van der Waals surface area (Å²) in [5.41, 5.74) is -0.836. The van der Waals surface area contributed by atoms with E-state index in [0.717, 1.165) is 29.2 Å². The molecule has 118 valence electrons. The first kappa shape index (κ1) is 16.1. The molecule has 1 aliphatic heterocycles. The third-order valence-corrected chi connectivity index (χ3v) is 3.83. The maximum atomic E-state index is 13.8. The predicted octanol–water partition coefficient (Wildman–Crippen LogP) is -0.870. The van der Waals surface area contributed by atoms with Crippen molar-refractivity contribution in [2.24, 2.45) is 5.14 Å². The highest BCUT2D eigenvalue weighted by molar-refractivity contribution is 7.89. The molecule has 0 atom stereocenters. The number of halogens is 1. The predicted molar refractivity (Wildman–Crippen MR) is 73.3 cm³/mol. The van der Waals surface area contributed by atoms with Crippen LogP contribution >= 0.6 is 0 Å². The van der Waals surface area contributed by atoms with Gasteiger partial charge in [-0.2, -0.15) is 0 Å². The van der Waals surface area contributed by atoms with Crippen LogP contribution in [-0.4, -0.2) is 43.4 Å². The number of nitrogens with one attached hydrogen (secondary N) is 1. The molecule has 1 aromatic rings. The number of para-hydroxylation sites is 1. The molecule has 0 saturated carbocycles. The van der Waals surface area contributed by atoms with Crippen molar-refractivity contribution < 1.29 is 27.5 Å². The van der Waals surface area contributed by atoms with Gasteiger partial charge in [-0.15, -0.1) is 0 Å². The van der Waals surface area contributed by atoms with Crippen LogP contribution < -0.4 is 10.5 Å². The van der Waals surface area contributed by atoms with Gasteiger partial charge in [-0.05, 0) is 12.1 Å². The van der Waals surface area contributed by atoms with Gasteiger partial charge in [0, 0.05) is 6.08 Å². The minimum atomic E-state index is -4.23. The largest absolute Gasteiger partial charge is 0.395 e. The first-order chi connectivity index (χ1) is 10.3. The maximum Gasteiger partial charge on any atom is 0.277 e. The van der Waals surface area contributed by atoms with E-state index in [-0.39, 0.29) is 12.2 Å². The molecule has 1 heterocycles. The lowest BCUT2D eigenvalue weighted by atomic mass is 10.3. The Balaban J connectivity index is 2.39. The number of benzene rings is 1. The van der Waals surface area contributed by atoms with E-state index >= 15 is 0 Å². The van der Waals surface area contributed by atoms with Gasteiger partial charge in [-0.3, -0.25) is 14.5 Å². The van der Waals surface area contributed by atoms with Crippen LogP contribution in [0.3, 0.4) is 0 Å². The van der Waals surface area contributed by atoms with E-state index in [9.17, 15) is 22.4 Å². The fraction of sp³-hybridized carbons (Fsp3) is 0.167. The monoisotopic (exact) mass is 329 g/mol. The number of rotatable bonds is 5. The third-order valence-electron chi connectivity index (χ3n) is 2.87. The highest BCUT2D eigenvalue weighted by Crippen LogP contribution is 2.26. The van der Waals surface area contributed by atoms with Crippen molar-refractivity contribution in [3.63, 3.8) is 0 Å². The molecule has 0 aromatic heterocycles. The van der Waals surface area contributed by atoms with E-state index in [4.69, 9.17) is 10.2 Å². The van der Waals surface area contributed by atoms with Crippen molar-refractivity contribution in [2.45, 2.75) is 4.90 Å². The second-order valence-corrected chi connectivity index (χ2v) is 5.89. The van der Waals surface area contributed by atoms with Crippen molar-refractivity contribution in [3.05, 3.63) is 35.8 Å². The van der Waals surface area contributed by atoms with Crippen molar-refractivity contribution in [2.75, 3.05) is 18.5 Å². The molecule has 0 aliphatic carbocycles. The van der Waals surface area contributed by atoms with Crippen molar-refractivity contribution in [1.29, 1.82) is 0 Å². The zero-order valence-electron chi connectivity index (χ0n) is 11.1. The molecule has 2 rings (SSSR count). The van der Waals surface area contributed by atoms with Gasteiger partial charge in [0.2, 0.25) is 10.0 Å². The zero-order chi connectivity index (χ0) is 16.5. The van der Waals surface area contributed by atoms with Gasteiger partial charge >= 0.3 is 0 Å². The number of hydrogen-bond acceptors (Lipinski definition) is 6. The summed E-state index contributed by atoms with van der Waals surface area (Å²) in [7, 11) is -4.23. The molecule has 2 amide bonds. The van der Waals surface area contributed by atoms with Crippen LogP contribution in [0.4, 0.5) is 10.1 Å². The molecule has 0 saturated heterocycles. The molecule has 0 bridgehead atoms. The number of amides is 2. The van der Waals surface area contributed by atoms with Gasteiger partial charge in [-0.1, -0.05) is 6.07 Å². The molecule has 4 N–H and O–H groups in total. The number of primary sulfonamides is 1. The number of nitrogens with zero attached hydrogens (tertiary/aromatic N) is 1. The van der Waals surface area contributed by atoms with Gasteiger partial charge in [0.05, 0.1) is 18.8 Å². The fourth-order valence-electron chi connectivity index (χ4n) is 1.91. The molecule has 0 radical (unpaired) electrons. The van der Waals surface area contributed by atoms with Crippen molar-refractivity contribution >= 4 is 27.5 Å². The Bertz CT molecular complexity index is 775. The molecule has 0 unspecified atom stereocenters. The van der Waals surface area contributed by atoms with E-state index in [2.05, 4.69) is 5.32 Å². The van der Waals surface area contributed by atoms with Gasteiger partial charge in [0.1, 0.15) is 16.4 Å². The number of sulfonamides is 1. The van der Waals surface area contributed by atoms with Crippen LogP contribution in [0.25, 0.3) is 0 Å². The fourth-order valence-corrected chi connectivity index (χ4v) is 2.61. The van der Waals surface area contributed by atoms with E-state index < -0.39 is 44.8 Å². The number of hydrogen-bond donors (Lipinski definition) is 3. The number of carbonyl (C=O) groups excluding carboxylic acids is 2. The Labute approximate surface area is 125 Å². The Morgan fingerprint density at radius 3 is 2.59 bits per heavy atom. The third kappa shape index (κ3) is 2.98. The lowest BCUT2D eigenvalue weighted by molar-refractivity contribution is -0.137. The molecule has 0 spiro atoms. The normalized spacial score (nSPS) is 15.2. The first-order valence-electron chi connectivity index (χ1n) is 6.02. The number of aliphatic hydroxyl groups excluding tert-OH is 1. The van der Waals surface area contributed by atoms with Gasteiger partial charge in [0.25, 0.3) is 11.8 Å². The Hall–Kier alpha value is -2.30. The minimum absolute atomic E-state index is 0.224. The highest BCUT2D eigenvalue weighted by atomic mass is 32.2. The minimum Gasteiger partial charge on any atom is -0.395 e. The summed E-state index contributed by atoms with van der Waals surface area (Å²) in [6.45, 7) is -0.653. The summed E-state index contributed by atoms with van der Waals surface area (Å²) in [4.78, 5) is 23.7. The number of anilines is 1. The molecular formula is C12H12FN3O5S. The number of nitrogens with two attached hydrogens (primary N) is 1. The average molecular weight is 329 g/mol. The van der Waals surface area contributed by atoms with Gasteiger partial charge in [0.15, 0.2) is 0 Å². The van der Waals surface area contributed by atoms with Crippen LogP contribution in [0.5, 0.6) is 0 Å². The topological polar surface area (TPSA) is 130 Å². The van der Waals surface area contributed by atoms with Crippen LogP contribution in [-0.2, 0) is 19.6 Å². The van der Waals surface area contributed by atoms with Gasteiger partial charge in [-0.25, -0.2) is 17.9 Å². The Kier molecular flexibility index (Phi) is 4.26. The summed E-state index contributed by atoms with van der Waals surface area (Å²) < 4.78 is 36.7. The summed E-state index contributed by atoms with van der Waals surface area (Å²) in [6, 6.07) is 3.19. The van der Waals surface area contributed by atoms with Crippen molar-refractivity contribution in [3.8, 4) is 0 Å². The molecule has 1 aromatic carbocycles. The molecule has 8 nitrogen and oxygen atoms in total.